The molecule has 120 valence electrons. The molecule has 0 saturated heterocycles. The highest BCUT2D eigenvalue weighted by Gasteiger charge is 2.06. The molecule has 1 atom stereocenters. The van der Waals surface area contributed by atoms with Crippen molar-refractivity contribution >= 4 is 11.3 Å². The van der Waals surface area contributed by atoms with Gasteiger partial charge in [-0.2, -0.15) is 11.3 Å². The van der Waals surface area contributed by atoms with Crippen LogP contribution in [0.1, 0.15) is 29.9 Å². The van der Waals surface area contributed by atoms with Crippen molar-refractivity contribution in [1.29, 1.82) is 0 Å². The molecule has 0 unspecified atom stereocenters. The van der Waals surface area contributed by atoms with Gasteiger partial charge in [-0.1, -0.05) is 12.1 Å². The summed E-state index contributed by atoms with van der Waals surface area (Å²) in [7, 11) is 1.97. The summed E-state index contributed by atoms with van der Waals surface area (Å²) in [5, 5.41) is 7.82. The summed E-state index contributed by atoms with van der Waals surface area (Å²) >= 11 is 1.73. The van der Waals surface area contributed by atoms with E-state index in [1.54, 1.807) is 17.5 Å². The van der Waals surface area contributed by atoms with Crippen LogP contribution in [0.15, 0.2) is 53.5 Å². The number of nitrogens with one attached hydrogen (secondary N) is 1. The molecule has 0 saturated carbocycles. The van der Waals surface area contributed by atoms with Crippen LogP contribution in [-0.4, -0.2) is 9.55 Å². The topological polar surface area (TPSA) is 39.1 Å². The van der Waals surface area contributed by atoms with Crippen LogP contribution in [0.5, 0.6) is 5.75 Å². The normalized spacial score (nSPS) is 12.3. The van der Waals surface area contributed by atoms with Crippen molar-refractivity contribution in [1.82, 2.24) is 14.9 Å². The number of hydrogen-bond acceptors (Lipinski definition) is 4. The van der Waals surface area contributed by atoms with Crippen LogP contribution in [0.4, 0.5) is 0 Å². The largest absolute Gasteiger partial charge is 0.486 e. The maximum atomic E-state index is 5.78. The van der Waals surface area contributed by atoms with E-state index in [-0.39, 0.29) is 0 Å². The van der Waals surface area contributed by atoms with Crippen molar-refractivity contribution in [2.24, 2.45) is 7.05 Å². The molecule has 0 aliphatic heterocycles. The van der Waals surface area contributed by atoms with Gasteiger partial charge in [0.1, 0.15) is 18.2 Å². The second kappa shape index (κ2) is 7.44. The van der Waals surface area contributed by atoms with Crippen molar-refractivity contribution in [3.8, 4) is 5.75 Å². The Hall–Kier alpha value is -2.11. The average molecular weight is 327 g/mol. The van der Waals surface area contributed by atoms with Crippen LogP contribution in [0, 0.1) is 0 Å². The number of thiophene rings is 1. The fraction of sp³-hybridized carbons (Fsp3) is 0.278. The van der Waals surface area contributed by atoms with Crippen molar-refractivity contribution in [2.75, 3.05) is 0 Å². The van der Waals surface area contributed by atoms with E-state index in [9.17, 15) is 0 Å². The van der Waals surface area contributed by atoms with E-state index in [0.29, 0.717) is 12.6 Å². The number of rotatable bonds is 7. The zero-order valence-electron chi connectivity index (χ0n) is 13.4. The molecule has 5 heteroatoms. The van der Waals surface area contributed by atoms with Gasteiger partial charge in [-0.25, -0.2) is 4.98 Å². The summed E-state index contributed by atoms with van der Waals surface area (Å²) in [5.41, 5.74) is 2.58. The molecule has 2 aromatic heterocycles. The third-order valence-electron chi connectivity index (χ3n) is 3.86. The minimum atomic E-state index is 0.304. The summed E-state index contributed by atoms with van der Waals surface area (Å²) in [6.07, 6.45) is 3.70. The molecular formula is C18H21N3OS. The lowest BCUT2D eigenvalue weighted by molar-refractivity contribution is 0.291. The Bertz CT molecular complexity index is 719. The minimum absolute atomic E-state index is 0.304. The Balaban J connectivity index is 1.52. The maximum absolute atomic E-state index is 5.78. The van der Waals surface area contributed by atoms with Gasteiger partial charge in [0, 0.05) is 32.0 Å². The van der Waals surface area contributed by atoms with Gasteiger partial charge in [-0.05, 0) is 47.0 Å². The number of aromatic nitrogens is 2. The van der Waals surface area contributed by atoms with Crippen LogP contribution in [0.3, 0.4) is 0 Å². The predicted octanol–water partition coefficient (Wildman–Crippen LogP) is 3.91. The summed E-state index contributed by atoms with van der Waals surface area (Å²) in [6.45, 7) is 3.55. The zero-order chi connectivity index (χ0) is 16.1. The van der Waals surface area contributed by atoms with Crippen LogP contribution in [-0.2, 0) is 20.2 Å². The number of ether oxygens (including phenoxy) is 1. The SMILES string of the molecule is C[C@H](NCc1ccsc1)c1ccc(OCc2nccn2C)cc1. The fourth-order valence-corrected chi connectivity index (χ4v) is 2.99. The summed E-state index contributed by atoms with van der Waals surface area (Å²) in [5.74, 6) is 1.78. The molecule has 1 N–H and O–H groups in total. The number of imidazole rings is 1. The molecule has 3 aromatic rings. The average Bonchev–Trinajstić information content (AvgIpc) is 3.23. The van der Waals surface area contributed by atoms with Gasteiger partial charge in [0.05, 0.1) is 0 Å². The van der Waals surface area contributed by atoms with Crippen molar-refractivity contribution in [2.45, 2.75) is 26.1 Å². The van der Waals surface area contributed by atoms with Gasteiger partial charge in [0.15, 0.2) is 0 Å². The van der Waals surface area contributed by atoms with Crippen LogP contribution in [0.25, 0.3) is 0 Å². The summed E-state index contributed by atoms with van der Waals surface area (Å²) < 4.78 is 7.75. The van der Waals surface area contributed by atoms with E-state index < -0.39 is 0 Å². The number of benzene rings is 1. The van der Waals surface area contributed by atoms with E-state index >= 15 is 0 Å². The lowest BCUT2D eigenvalue weighted by atomic mass is 10.1. The molecular weight excluding hydrogens is 306 g/mol. The molecule has 0 spiro atoms. The molecule has 0 aliphatic rings. The number of nitrogens with zero attached hydrogens (tertiary/aromatic N) is 2. The minimum Gasteiger partial charge on any atom is -0.486 e. The van der Waals surface area contributed by atoms with Gasteiger partial charge >= 0.3 is 0 Å². The van der Waals surface area contributed by atoms with Crippen LogP contribution >= 0.6 is 11.3 Å². The van der Waals surface area contributed by atoms with Crippen LogP contribution in [0.2, 0.25) is 0 Å². The Kier molecular flexibility index (Phi) is 5.10. The van der Waals surface area contributed by atoms with E-state index in [4.69, 9.17) is 4.74 Å². The Morgan fingerprint density at radius 2 is 2.09 bits per heavy atom. The van der Waals surface area contributed by atoms with Gasteiger partial charge in [0.2, 0.25) is 0 Å². The second-order valence-electron chi connectivity index (χ2n) is 5.55. The van der Waals surface area contributed by atoms with Gasteiger partial charge in [-0.15, -0.1) is 0 Å². The monoisotopic (exact) mass is 327 g/mol. The highest BCUT2D eigenvalue weighted by Crippen LogP contribution is 2.19. The van der Waals surface area contributed by atoms with Gasteiger partial charge in [-0.3, -0.25) is 0 Å². The first-order valence-corrected chi connectivity index (χ1v) is 8.60. The van der Waals surface area contributed by atoms with E-state index in [2.05, 4.69) is 46.2 Å². The third-order valence-corrected chi connectivity index (χ3v) is 4.59. The maximum Gasteiger partial charge on any atom is 0.146 e. The third kappa shape index (κ3) is 4.21. The first-order valence-electron chi connectivity index (χ1n) is 7.66. The highest BCUT2D eigenvalue weighted by atomic mass is 32.1. The summed E-state index contributed by atoms with van der Waals surface area (Å²) in [6, 6.07) is 10.7. The molecule has 4 nitrogen and oxygen atoms in total. The molecule has 0 amide bonds. The highest BCUT2D eigenvalue weighted by molar-refractivity contribution is 7.07. The Labute approximate surface area is 140 Å². The lowest BCUT2D eigenvalue weighted by Gasteiger charge is -2.14. The molecule has 2 heterocycles. The number of hydrogen-bond donors (Lipinski definition) is 1. The molecule has 3 rings (SSSR count). The molecule has 0 fully saturated rings. The number of aryl methyl sites for hydroxylation is 1. The molecule has 0 radical (unpaired) electrons. The van der Waals surface area contributed by atoms with Crippen molar-refractivity contribution < 1.29 is 4.74 Å². The van der Waals surface area contributed by atoms with E-state index in [0.717, 1.165) is 18.1 Å². The smallest absolute Gasteiger partial charge is 0.146 e. The standard InChI is InChI=1S/C18H21N3OS/c1-14(20-11-15-7-10-23-13-15)16-3-5-17(6-4-16)22-12-18-19-8-9-21(18)2/h3-10,13-14,20H,11-12H2,1-2H3/t14-/m0/s1. The molecule has 1 aromatic carbocycles. The van der Waals surface area contributed by atoms with Gasteiger partial charge < -0.3 is 14.6 Å². The van der Waals surface area contributed by atoms with E-state index in [1.807, 2.05) is 29.9 Å². The zero-order valence-corrected chi connectivity index (χ0v) is 14.2. The first kappa shape index (κ1) is 15.8. The lowest BCUT2D eigenvalue weighted by Crippen LogP contribution is -2.17. The summed E-state index contributed by atoms with van der Waals surface area (Å²) in [4.78, 5) is 4.25. The molecule has 23 heavy (non-hydrogen) atoms. The van der Waals surface area contributed by atoms with E-state index in [1.165, 1.54) is 11.1 Å². The Morgan fingerprint density at radius 3 is 2.74 bits per heavy atom. The molecule has 0 bridgehead atoms. The molecule has 0 aliphatic carbocycles. The quantitative estimate of drug-likeness (QED) is 0.715. The van der Waals surface area contributed by atoms with Crippen molar-refractivity contribution in [3.63, 3.8) is 0 Å². The van der Waals surface area contributed by atoms with Crippen LogP contribution < -0.4 is 10.1 Å². The Morgan fingerprint density at radius 1 is 1.26 bits per heavy atom. The van der Waals surface area contributed by atoms with Gasteiger partial charge in [0.25, 0.3) is 0 Å². The first-order chi connectivity index (χ1) is 11.2. The second-order valence-corrected chi connectivity index (χ2v) is 6.33. The predicted molar refractivity (Wildman–Crippen MR) is 93.6 cm³/mol. The van der Waals surface area contributed by atoms with Crippen molar-refractivity contribution in [3.05, 3.63) is 70.4 Å². The fourth-order valence-electron chi connectivity index (χ4n) is 2.32.